The van der Waals surface area contributed by atoms with Crippen molar-refractivity contribution >= 4 is 23.2 Å². The van der Waals surface area contributed by atoms with E-state index in [1.165, 1.54) is 5.56 Å². The Labute approximate surface area is 223 Å². The van der Waals surface area contributed by atoms with Crippen molar-refractivity contribution in [3.05, 3.63) is 70.9 Å². The third-order valence-corrected chi connectivity index (χ3v) is 8.90. The van der Waals surface area contributed by atoms with Crippen molar-refractivity contribution in [1.82, 2.24) is 14.8 Å². The van der Waals surface area contributed by atoms with Gasteiger partial charge in [-0.1, -0.05) is 31.0 Å². The summed E-state index contributed by atoms with van der Waals surface area (Å²) in [6.07, 6.45) is 11.2. The van der Waals surface area contributed by atoms with E-state index < -0.39 is 5.41 Å². The number of hydrogen-bond acceptors (Lipinski definition) is 4. The summed E-state index contributed by atoms with van der Waals surface area (Å²) in [5.41, 5.74) is 1.63. The average molecular weight is 520 g/mol. The Morgan fingerprint density at radius 2 is 1.78 bits per heavy atom. The number of piperidine rings is 1. The highest BCUT2D eigenvalue weighted by molar-refractivity contribution is 7.14. The van der Waals surface area contributed by atoms with E-state index in [1.807, 2.05) is 59.1 Å². The lowest BCUT2D eigenvalue weighted by molar-refractivity contribution is -0.134. The lowest BCUT2D eigenvalue weighted by Crippen LogP contribution is -2.50. The monoisotopic (exact) mass is 519 g/mol. The van der Waals surface area contributed by atoms with Crippen LogP contribution in [-0.4, -0.2) is 47.5 Å². The van der Waals surface area contributed by atoms with Gasteiger partial charge in [-0.05, 0) is 75.3 Å². The van der Waals surface area contributed by atoms with E-state index in [4.69, 9.17) is 4.74 Å². The number of nitrogens with one attached hydrogen (secondary N) is 1. The number of ether oxygens (including phenoxy) is 1. The molecule has 1 fully saturated rings. The second-order valence-electron chi connectivity index (χ2n) is 10.4. The maximum absolute atomic E-state index is 13.6. The van der Waals surface area contributed by atoms with Crippen molar-refractivity contribution in [2.24, 2.45) is 5.41 Å². The summed E-state index contributed by atoms with van der Waals surface area (Å²) >= 11 is 1.64. The number of fused-ring (bicyclic) bond motifs is 1. The van der Waals surface area contributed by atoms with E-state index >= 15 is 0 Å². The first kappa shape index (κ1) is 25.6. The highest BCUT2D eigenvalue weighted by Gasteiger charge is 2.42. The molecule has 3 aromatic rings. The van der Waals surface area contributed by atoms with Crippen LogP contribution in [-0.2, 0) is 11.2 Å². The normalized spacial score (nSPS) is 18.9. The van der Waals surface area contributed by atoms with Crippen LogP contribution >= 0.6 is 11.3 Å². The van der Waals surface area contributed by atoms with Crippen molar-refractivity contribution in [2.75, 3.05) is 26.2 Å². The summed E-state index contributed by atoms with van der Waals surface area (Å²) in [4.78, 5) is 30.1. The molecular weight excluding hydrogens is 482 g/mol. The molecule has 0 saturated carbocycles. The molecule has 0 radical (unpaired) electrons. The number of amides is 2. The van der Waals surface area contributed by atoms with Gasteiger partial charge in [0.1, 0.15) is 10.8 Å². The first-order valence-corrected chi connectivity index (χ1v) is 14.4. The van der Waals surface area contributed by atoms with Crippen LogP contribution in [0.1, 0.15) is 65.7 Å². The first-order valence-electron chi connectivity index (χ1n) is 13.6. The minimum Gasteiger partial charge on any atom is -0.493 e. The van der Waals surface area contributed by atoms with E-state index in [9.17, 15) is 9.59 Å². The van der Waals surface area contributed by atoms with Gasteiger partial charge in [-0.3, -0.25) is 9.59 Å². The zero-order chi connectivity index (χ0) is 25.7. The second-order valence-corrected chi connectivity index (χ2v) is 11.6. The molecule has 196 valence electrons. The fourth-order valence-electron chi connectivity index (χ4n) is 5.67. The van der Waals surface area contributed by atoms with E-state index in [2.05, 4.69) is 17.4 Å². The SMILES string of the molecule is Cc1cc(C(=O)N2CCC3(CCCCCc4ccccc4OCCCNC3=O)CC2)c(-n2cccc2)s1. The second kappa shape index (κ2) is 11.5. The minimum absolute atomic E-state index is 0.0695. The van der Waals surface area contributed by atoms with E-state index in [0.29, 0.717) is 39.1 Å². The Kier molecular flexibility index (Phi) is 7.99. The Bertz CT molecular complexity index is 1210. The molecule has 1 N–H and O–H groups in total. The molecular formula is C30H37N3O3S. The summed E-state index contributed by atoms with van der Waals surface area (Å²) in [6, 6.07) is 14.3. The summed E-state index contributed by atoms with van der Waals surface area (Å²) in [7, 11) is 0. The van der Waals surface area contributed by atoms with E-state index in [-0.39, 0.29) is 11.8 Å². The van der Waals surface area contributed by atoms with Crippen LogP contribution in [0.4, 0.5) is 0 Å². The average Bonchev–Trinajstić information content (AvgIpc) is 3.58. The molecule has 1 spiro atoms. The van der Waals surface area contributed by atoms with Crippen molar-refractivity contribution in [2.45, 2.75) is 58.3 Å². The van der Waals surface area contributed by atoms with Crippen LogP contribution < -0.4 is 10.1 Å². The van der Waals surface area contributed by atoms with Crippen LogP contribution in [0.2, 0.25) is 0 Å². The van der Waals surface area contributed by atoms with Crippen LogP contribution in [0, 0.1) is 12.3 Å². The fraction of sp³-hybridized carbons (Fsp3) is 0.467. The molecule has 5 rings (SSSR count). The molecule has 37 heavy (non-hydrogen) atoms. The molecule has 0 bridgehead atoms. The quantitative estimate of drug-likeness (QED) is 0.467. The fourth-order valence-corrected chi connectivity index (χ4v) is 6.63. The standard InChI is InChI=1S/C30H37N3O3S/c1-23-22-25(28(37-23)33-17-7-8-18-33)27(34)32-19-14-30(15-20-32)13-6-2-3-10-24-11-4-5-12-26(24)36-21-9-16-31-29(30)35/h4-5,7-8,11-12,17-18,22H,2-3,6,9-10,13-16,19-21H2,1H3,(H,31,35). The topological polar surface area (TPSA) is 63.6 Å². The van der Waals surface area contributed by atoms with E-state index in [0.717, 1.165) is 59.7 Å². The number of nitrogens with zero attached hydrogens (tertiary/aromatic N) is 2. The summed E-state index contributed by atoms with van der Waals surface area (Å²) in [5, 5.41) is 4.17. The van der Waals surface area contributed by atoms with Crippen molar-refractivity contribution in [3.8, 4) is 10.8 Å². The lowest BCUT2D eigenvalue weighted by Gasteiger charge is -2.41. The van der Waals surface area contributed by atoms with Gasteiger partial charge in [-0.25, -0.2) is 0 Å². The molecule has 2 aliphatic heterocycles. The molecule has 7 heteroatoms. The number of benzene rings is 1. The third-order valence-electron chi connectivity index (χ3n) is 7.83. The predicted octanol–water partition coefficient (Wildman–Crippen LogP) is 5.77. The minimum atomic E-state index is -0.395. The van der Waals surface area contributed by atoms with Crippen molar-refractivity contribution < 1.29 is 14.3 Å². The van der Waals surface area contributed by atoms with Gasteiger partial charge in [0, 0.05) is 36.9 Å². The number of likely N-dealkylation sites (tertiary alicyclic amines) is 1. The first-order chi connectivity index (χ1) is 18.1. The summed E-state index contributed by atoms with van der Waals surface area (Å²) in [5.74, 6) is 1.19. The molecule has 1 aromatic carbocycles. The Hall–Kier alpha value is -3.06. The molecule has 2 amide bonds. The molecule has 0 unspecified atom stereocenters. The van der Waals surface area contributed by atoms with Gasteiger partial charge in [-0.15, -0.1) is 11.3 Å². The van der Waals surface area contributed by atoms with Gasteiger partial charge in [0.15, 0.2) is 0 Å². The van der Waals surface area contributed by atoms with Gasteiger partial charge >= 0.3 is 0 Å². The summed E-state index contributed by atoms with van der Waals surface area (Å²) < 4.78 is 8.05. The number of thiophene rings is 1. The zero-order valence-corrected chi connectivity index (χ0v) is 22.5. The summed E-state index contributed by atoms with van der Waals surface area (Å²) in [6.45, 7) is 4.48. The van der Waals surface area contributed by atoms with Crippen LogP contribution in [0.15, 0.2) is 54.9 Å². The van der Waals surface area contributed by atoms with Crippen molar-refractivity contribution in [3.63, 3.8) is 0 Å². The Morgan fingerprint density at radius 1 is 1.00 bits per heavy atom. The molecule has 1 saturated heterocycles. The van der Waals surface area contributed by atoms with E-state index in [1.54, 1.807) is 11.3 Å². The zero-order valence-electron chi connectivity index (χ0n) is 21.7. The van der Waals surface area contributed by atoms with Crippen LogP contribution in [0.3, 0.4) is 0 Å². The lowest BCUT2D eigenvalue weighted by atomic mass is 9.73. The number of hydrogen-bond donors (Lipinski definition) is 1. The van der Waals surface area contributed by atoms with Gasteiger partial charge in [0.25, 0.3) is 5.91 Å². The van der Waals surface area contributed by atoms with Crippen LogP contribution in [0.5, 0.6) is 5.75 Å². The smallest absolute Gasteiger partial charge is 0.256 e. The third kappa shape index (κ3) is 5.77. The maximum atomic E-state index is 13.6. The highest BCUT2D eigenvalue weighted by Crippen LogP contribution is 2.38. The molecule has 2 aromatic heterocycles. The number of rotatable bonds is 2. The van der Waals surface area contributed by atoms with Gasteiger partial charge < -0.3 is 19.5 Å². The molecule has 6 nitrogen and oxygen atoms in total. The number of para-hydroxylation sites is 1. The van der Waals surface area contributed by atoms with Gasteiger partial charge in [-0.2, -0.15) is 0 Å². The Morgan fingerprint density at radius 3 is 2.59 bits per heavy atom. The number of carbonyl (C=O) groups excluding carboxylic acids is 2. The number of carbonyl (C=O) groups is 2. The number of aromatic nitrogens is 1. The number of aryl methyl sites for hydroxylation is 2. The highest BCUT2D eigenvalue weighted by atomic mass is 32.1. The Balaban J connectivity index is 1.25. The largest absolute Gasteiger partial charge is 0.493 e. The maximum Gasteiger partial charge on any atom is 0.256 e. The molecule has 4 heterocycles. The van der Waals surface area contributed by atoms with Crippen molar-refractivity contribution in [1.29, 1.82) is 0 Å². The predicted molar refractivity (Wildman–Crippen MR) is 148 cm³/mol. The molecule has 2 aliphatic rings. The molecule has 0 aliphatic carbocycles. The van der Waals surface area contributed by atoms with Gasteiger partial charge in [0.05, 0.1) is 17.6 Å². The molecule has 0 atom stereocenters. The van der Waals surface area contributed by atoms with Gasteiger partial charge in [0.2, 0.25) is 5.91 Å². The van der Waals surface area contributed by atoms with Crippen LogP contribution in [0.25, 0.3) is 5.00 Å².